The number of fused-ring (bicyclic) bond motifs is 1. The summed E-state index contributed by atoms with van der Waals surface area (Å²) in [5, 5.41) is 2.88. The Bertz CT molecular complexity index is 920. The number of nitrogens with zero attached hydrogens (tertiary/aromatic N) is 1. The maximum Gasteiger partial charge on any atom is 0.264 e. The fraction of sp³-hybridized carbons (Fsp3) is 0.316. The zero-order valence-electron chi connectivity index (χ0n) is 13.8. The van der Waals surface area contributed by atoms with Gasteiger partial charge < -0.3 is 5.32 Å². The van der Waals surface area contributed by atoms with Gasteiger partial charge in [0.2, 0.25) is 0 Å². The molecular formula is C19H20N2O3S. The number of para-hydroxylation sites is 1. The van der Waals surface area contributed by atoms with Crippen LogP contribution in [-0.4, -0.2) is 27.4 Å². The zero-order chi connectivity index (χ0) is 17.4. The van der Waals surface area contributed by atoms with Crippen LogP contribution in [0.5, 0.6) is 0 Å². The number of hydrogen-bond acceptors (Lipinski definition) is 3. The van der Waals surface area contributed by atoms with Crippen molar-refractivity contribution in [2.75, 3.05) is 17.4 Å². The van der Waals surface area contributed by atoms with Crippen LogP contribution in [0.25, 0.3) is 0 Å². The molecule has 1 heterocycles. The van der Waals surface area contributed by atoms with Crippen LogP contribution in [0.4, 0.5) is 5.69 Å². The Labute approximate surface area is 147 Å². The van der Waals surface area contributed by atoms with Gasteiger partial charge in [-0.2, -0.15) is 0 Å². The highest BCUT2D eigenvalue weighted by Gasteiger charge is 2.31. The van der Waals surface area contributed by atoms with Gasteiger partial charge in [0.05, 0.1) is 10.6 Å². The highest BCUT2D eigenvalue weighted by Crippen LogP contribution is 2.32. The predicted octanol–water partition coefficient (Wildman–Crippen LogP) is 2.58. The molecule has 0 radical (unpaired) electrons. The number of benzene rings is 2. The first kappa shape index (κ1) is 16.1. The maximum atomic E-state index is 13.0. The van der Waals surface area contributed by atoms with Gasteiger partial charge in [-0.1, -0.05) is 24.3 Å². The number of hydrogen-bond donors (Lipinski definition) is 1. The quantitative estimate of drug-likeness (QED) is 0.895. The highest BCUT2D eigenvalue weighted by atomic mass is 32.2. The average molecular weight is 356 g/mol. The fourth-order valence-electron chi connectivity index (χ4n) is 3.14. The average Bonchev–Trinajstić information content (AvgIpc) is 3.36. The van der Waals surface area contributed by atoms with Crippen molar-refractivity contribution in [1.29, 1.82) is 0 Å². The standard InChI is InChI=1S/C19H20N2O3S/c22-19(20-13-14-8-9-14)16-5-3-6-17(12-16)25(23,24)21-11-10-15-4-1-2-7-18(15)21/h1-7,12,14H,8-11,13H2,(H,20,22). The lowest BCUT2D eigenvalue weighted by Gasteiger charge is -2.20. The molecule has 2 aliphatic rings. The Balaban J connectivity index is 1.60. The van der Waals surface area contributed by atoms with Gasteiger partial charge in [0.1, 0.15) is 0 Å². The lowest BCUT2D eigenvalue weighted by Crippen LogP contribution is -2.30. The van der Waals surface area contributed by atoms with Crippen LogP contribution in [0, 0.1) is 5.92 Å². The van der Waals surface area contributed by atoms with Crippen molar-refractivity contribution in [2.45, 2.75) is 24.2 Å². The number of nitrogens with one attached hydrogen (secondary N) is 1. The maximum absolute atomic E-state index is 13.0. The summed E-state index contributed by atoms with van der Waals surface area (Å²) >= 11 is 0. The van der Waals surface area contributed by atoms with E-state index in [1.54, 1.807) is 18.2 Å². The van der Waals surface area contributed by atoms with Crippen molar-refractivity contribution >= 4 is 21.6 Å². The molecule has 1 N–H and O–H groups in total. The second kappa shape index (κ2) is 6.19. The number of sulfonamides is 1. The van der Waals surface area contributed by atoms with Crippen LogP contribution in [0.15, 0.2) is 53.4 Å². The van der Waals surface area contributed by atoms with Crippen molar-refractivity contribution in [1.82, 2.24) is 5.32 Å². The van der Waals surface area contributed by atoms with Crippen molar-refractivity contribution < 1.29 is 13.2 Å². The Morgan fingerprint density at radius 2 is 1.92 bits per heavy atom. The van der Waals surface area contributed by atoms with E-state index < -0.39 is 10.0 Å². The molecular weight excluding hydrogens is 336 g/mol. The largest absolute Gasteiger partial charge is 0.352 e. The summed E-state index contributed by atoms with van der Waals surface area (Å²) in [6.45, 7) is 1.09. The van der Waals surface area contributed by atoms with Crippen LogP contribution in [0.1, 0.15) is 28.8 Å². The van der Waals surface area contributed by atoms with Gasteiger partial charge in [-0.3, -0.25) is 9.10 Å². The van der Waals surface area contributed by atoms with Crippen LogP contribution >= 0.6 is 0 Å². The summed E-state index contributed by atoms with van der Waals surface area (Å²) < 4.78 is 27.5. The number of carbonyl (C=O) groups is 1. The summed E-state index contributed by atoms with van der Waals surface area (Å²) in [6.07, 6.45) is 3.02. The molecule has 1 aliphatic carbocycles. The molecule has 130 valence electrons. The summed E-state index contributed by atoms with van der Waals surface area (Å²) in [7, 11) is -3.67. The van der Waals surface area contributed by atoms with Gasteiger partial charge >= 0.3 is 0 Å². The van der Waals surface area contributed by atoms with Crippen molar-refractivity contribution in [3.63, 3.8) is 0 Å². The molecule has 1 saturated carbocycles. The summed E-state index contributed by atoms with van der Waals surface area (Å²) in [5.41, 5.74) is 2.14. The van der Waals surface area contributed by atoms with Gasteiger partial charge in [0.25, 0.3) is 15.9 Å². The van der Waals surface area contributed by atoms with Crippen LogP contribution < -0.4 is 9.62 Å². The molecule has 2 aromatic carbocycles. The van der Waals surface area contributed by atoms with Gasteiger partial charge in [0.15, 0.2) is 0 Å². The highest BCUT2D eigenvalue weighted by molar-refractivity contribution is 7.92. The second-order valence-corrected chi connectivity index (χ2v) is 8.50. The van der Waals surface area contributed by atoms with E-state index in [0.29, 0.717) is 31.0 Å². The first-order valence-corrected chi connectivity index (χ1v) is 9.98. The topological polar surface area (TPSA) is 66.5 Å². The molecule has 25 heavy (non-hydrogen) atoms. The first-order chi connectivity index (χ1) is 12.1. The molecule has 0 aromatic heterocycles. The monoisotopic (exact) mass is 356 g/mol. The molecule has 5 nitrogen and oxygen atoms in total. The van der Waals surface area contributed by atoms with E-state index in [4.69, 9.17) is 0 Å². The number of carbonyl (C=O) groups excluding carboxylic acids is 1. The Morgan fingerprint density at radius 1 is 1.12 bits per heavy atom. The Kier molecular flexibility index (Phi) is 4.00. The van der Waals surface area contributed by atoms with E-state index in [0.717, 1.165) is 24.1 Å². The third-order valence-corrected chi connectivity index (χ3v) is 6.59. The molecule has 0 bridgehead atoms. The third-order valence-electron chi connectivity index (χ3n) is 4.78. The molecule has 1 amide bonds. The lowest BCUT2D eigenvalue weighted by atomic mass is 10.2. The zero-order valence-corrected chi connectivity index (χ0v) is 14.6. The van der Waals surface area contributed by atoms with Crippen molar-refractivity contribution in [2.24, 2.45) is 5.92 Å². The molecule has 0 atom stereocenters. The van der Waals surface area contributed by atoms with Crippen molar-refractivity contribution in [3.05, 3.63) is 59.7 Å². The predicted molar refractivity (Wildman–Crippen MR) is 96.2 cm³/mol. The van der Waals surface area contributed by atoms with Crippen molar-refractivity contribution in [3.8, 4) is 0 Å². The summed E-state index contributed by atoms with van der Waals surface area (Å²) in [6, 6.07) is 13.8. The summed E-state index contributed by atoms with van der Waals surface area (Å²) in [4.78, 5) is 12.4. The Hall–Kier alpha value is -2.34. The lowest BCUT2D eigenvalue weighted by molar-refractivity contribution is 0.0951. The molecule has 0 spiro atoms. The smallest absolute Gasteiger partial charge is 0.264 e. The second-order valence-electron chi connectivity index (χ2n) is 6.64. The molecule has 1 aliphatic heterocycles. The van der Waals surface area contributed by atoms with Gasteiger partial charge in [-0.05, 0) is 55.0 Å². The third kappa shape index (κ3) is 3.14. The molecule has 6 heteroatoms. The van der Waals surface area contributed by atoms with E-state index in [1.165, 1.54) is 10.4 Å². The number of rotatable bonds is 5. The fourth-order valence-corrected chi connectivity index (χ4v) is 4.69. The molecule has 4 rings (SSSR count). The van der Waals surface area contributed by atoms with E-state index in [9.17, 15) is 13.2 Å². The van der Waals surface area contributed by atoms with E-state index >= 15 is 0 Å². The first-order valence-electron chi connectivity index (χ1n) is 8.54. The molecule has 2 aromatic rings. The minimum Gasteiger partial charge on any atom is -0.352 e. The van der Waals surface area contributed by atoms with Gasteiger partial charge in [0, 0.05) is 18.7 Å². The molecule has 1 fully saturated rings. The van der Waals surface area contributed by atoms with Crippen LogP contribution in [-0.2, 0) is 16.4 Å². The van der Waals surface area contributed by atoms with Gasteiger partial charge in [-0.15, -0.1) is 0 Å². The van der Waals surface area contributed by atoms with E-state index in [1.807, 2.05) is 24.3 Å². The van der Waals surface area contributed by atoms with Crippen LogP contribution in [0.3, 0.4) is 0 Å². The minimum absolute atomic E-state index is 0.156. The number of amides is 1. The molecule has 0 unspecified atom stereocenters. The normalized spacial score (nSPS) is 16.6. The molecule has 0 saturated heterocycles. The number of anilines is 1. The minimum atomic E-state index is -3.67. The SMILES string of the molecule is O=C(NCC1CC1)c1cccc(S(=O)(=O)N2CCc3ccccc32)c1. The van der Waals surface area contributed by atoms with Crippen LogP contribution in [0.2, 0.25) is 0 Å². The van der Waals surface area contributed by atoms with E-state index in [-0.39, 0.29) is 10.8 Å². The van der Waals surface area contributed by atoms with E-state index in [2.05, 4.69) is 5.32 Å². The van der Waals surface area contributed by atoms with Gasteiger partial charge in [-0.25, -0.2) is 8.42 Å². The Morgan fingerprint density at radius 3 is 2.72 bits per heavy atom. The summed E-state index contributed by atoms with van der Waals surface area (Å²) in [5.74, 6) is 0.364.